The van der Waals surface area contributed by atoms with Crippen molar-refractivity contribution < 1.29 is 14.7 Å². The van der Waals surface area contributed by atoms with Crippen LogP contribution in [0.5, 0.6) is 0 Å². The fourth-order valence-electron chi connectivity index (χ4n) is 2.60. The molecule has 0 saturated carbocycles. The average Bonchev–Trinajstić information content (AvgIpc) is 2.81. The summed E-state index contributed by atoms with van der Waals surface area (Å²) in [6.45, 7) is 4.72. The molecule has 106 valence electrons. The molecule has 1 heterocycles. The van der Waals surface area contributed by atoms with Gasteiger partial charge in [-0.1, -0.05) is 13.8 Å². The van der Waals surface area contributed by atoms with Crippen LogP contribution >= 0.6 is 0 Å². The topological polar surface area (TPSA) is 57.6 Å². The van der Waals surface area contributed by atoms with Crippen molar-refractivity contribution in [1.82, 2.24) is 4.90 Å². The van der Waals surface area contributed by atoms with Crippen LogP contribution in [-0.2, 0) is 9.59 Å². The fraction of sp³-hybridized carbons (Fsp3) is 0.733. The van der Waals surface area contributed by atoms with Gasteiger partial charge in [0.2, 0.25) is 5.91 Å². The van der Waals surface area contributed by atoms with Gasteiger partial charge in [0.15, 0.2) is 0 Å². The van der Waals surface area contributed by atoms with Crippen molar-refractivity contribution in [1.29, 1.82) is 0 Å². The monoisotopic (exact) mass is 265 g/mol. The molecule has 1 saturated heterocycles. The molecule has 0 spiro atoms. The van der Waals surface area contributed by atoms with Gasteiger partial charge in [-0.2, -0.15) is 0 Å². The molecule has 1 fully saturated rings. The highest BCUT2D eigenvalue weighted by molar-refractivity contribution is 5.80. The van der Waals surface area contributed by atoms with Gasteiger partial charge in [-0.15, -0.1) is 12.3 Å². The lowest BCUT2D eigenvalue weighted by Crippen LogP contribution is -2.40. The Kier molecular flexibility index (Phi) is 5.41. The Morgan fingerprint density at radius 1 is 1.42 bits per heavy atom. The number of likely N-dealkylation sites (tertiary alicyclic amines) is 1. The molecule has 19 heavy (non-hydrogen) atoms. The maximum absolute atomic E-state index is 12.0. The van der Waals surface area contributed by atoms with E-state index < -0.39 is 11.4 Å². The van der Waals surface area contributed by atoms with Crippen molar-refractivity contribution in [3.05, 3.63) is 0 Å². The highest BCUT2D eigenvalue weighted by Crippen LogP contribution is 2.38. The Balaban J connectivity index is 2.53. The van der Waals surface area contributed by atoms with Gasteiger partial charge in [0.1, 0.15) is 0 Å². The summed E-state index contributed by atoms with van der Waals surface area (Å²) in [6.07, 6.45) is 8.50. The van der Waals surface area contributed by atoms with Crippen molar-refractivity contribution in [2.75, 3.05) is 13.1 Å². The first-order chi connectivity index (χ1) is 8.94. The molecule has 0 aliphatic carbocycles. The number of amides is 1. The Labute approximate surface area is 115 Å². The van der Waals surface area contributed by atoms with E-state index in [1.165, 1.54) is 0 Å². The third-order valence-corrected chi connectivity index (χ3v) is 4.15. The molecule has 1 atom stereocenters. The molecule has 4 nitrogen and oxygen atoms in total. The summed E-state index contributed by atoms with van der Waals surface area (Å²) in [5.41, 5.74) is -0.769. The van der Waals surface area contributed by atoms with Crippen LogP contribution in [-0.4, -0.2) is 35.0 Å². The van der Waals surface area contributed by atoms with Crippen molar-refractivity contribution in [3.8, 4) is 12.3 Å². The predicted octanol–water partition coefficient (Wildman–Crippen LogP) is 2.14. The molecule has 1 amide bonds. The third-order valence-electron chi connectivity index (χ3n) is 4.15. The van der Waals surface area contributed by atoms with E-state index in [1.54, 1.807) is 4.90 Å². The second-order valence-electron chi connectivity index (χ2n) is 5.59. The number of hydrogen-bond donors (Lipinski definition) is 1. The van der Waals surface area contributed by atoms with Gasteiger partial charge in [0.05, 0.1) is 5.41 Å². The van der Waals surface area contributed by atoms with Crippen molar-refractivity contribution >= 4 is 11.9 Å². The summed E-state index contributed by atoms with van der Waals surface area (Å²) in [6, 6.07) is 0. The van der Waals surface area contributed by atoms with E-state index in [1.807, 2.05) is 13.8 Å². The Morgan fingerprint density at radius 3 is 2.58 bits per heavy atom. The van der Waals surface area contributed by atoms with Crippen LogP contribution in [0, 0.1) is 23.7 Å². The third kappa shape index (κ3) is 3.50. The molecular formula is C15H23NO3. The lowest BCUT2D eigenvalue weighted by Gasteiger charge is -2.28. The van der Waals surface area contributed by atoms with Crippen LogP contribution < -0.4 is 0 Å². The first-order valence-electron chi connectivity index (χ1n) is 6.88. The Bertz CT molecular complexity index is 383. The summed E-state index contributed by atoms with van der Waals surface area (Å²) in [5.74, 6) is 1.85. The molecule has 0 bridgehead atoms. The van der Waals surface area contributed by atoms with Gasteiger partial charge in [0, 0.05) is 25.9 Å². The van der Waals surface area contributed by atoms with E-state index in [4.69, 9.17) is 6.42 Å². The lowest BCUT2D eigenvalue weighted by atomic mass is 9.76. The van der Waals surface area contributed by atoms with Crippen molar-refractivity contribution in [2.24, 2.45) is 11.3 Å². The molecule has 1 N–H and O–H groups in total. The van der Waals surface area contributed by atoms with Gasteiger partial charge in [-0.05, 0) is 25.2 Å². The van der Waals surface area contributed by atoms with Gasteiger partial charge in [-0.3, -0.25) is 9.59 Å². The highest BCUT2D eigenvalue weighted by atomic mass is 16.4. The molecule has 0 aromatic carbocycles. The van der Waals surface area contributed by atoms with Gasteiger partial charge in [-0.25, -0.2) is 0 Å². The minimum absolute atomic E-state index is 0.0317. The summed E-state index contributed by atoms with van der Waals surface area (Å²) >= 11 is 0. The second-order valence-corrected chi connectivity index (χ2v) is 5.59. The molecule has 1 rings (SSSR count). The van der Waals surface area contributed by atoms with Crippen LogP contribution in [0.1, 0.15) is 46.0 Å². The predicted molar refractivity (Wildman–Crippen MR) is 73.4 cm³/mol. The number of rotatable bonds is 6. The van der Waals surface area contributed by atoms with E-state index in [-0.39, 0.29) is 11.8 Å². The number of hydrogen-bond acceptors (Lipinski definition) is 2. The van der Waals surface area contributed by atoms with E-state index in [0.717, 1.165) is 12.8 Å². The van der Waals surface area contributed by atoms with Crippen LogP contribution in [0.15, 0.2) is 0 Å². The number of unbranched alkanes of at least 4 members (excludes halogenated alkanes) is 2. The van der Waals surface area contributed by atoms with Crippen molar-refractivity contribution in [3.63, 3.8) is 0 Å². The number of nitrogens with zero attached hydrogens (tertiary/aromatic N) is 1. The molecule has 1 aliphatic heterocycles. The standard InChI is InChI=1S/C15H23NO3/c1-4-5-6-7-8-13(17)16-10-9-15(11-16,12(2)3)14(18)19/h1,12H,5-11H2,2-3H3,(H,18,19). The van der Waals surface area contributed by atoms with Crippen LogP contribution in [0.2, 0.25) is 0 Å². The number of carboxylic acid groups (broad SMARTS) is 1. The van der Waals surface area contributed by atoms with Gasteiger partial charge < -0.3 is 10.0 Å². The van der Waals surface area contributed by atoms with Crippen LogP contribution in [0.3, 0.4) is 0 Å². The highest BCUT2D eigenvalue weighted by Gasteiger charge is 2.48. The maximum Gasteiger partial charge on any atom is 0.311 e. The quantitative estimate of drug-likeness (QED) is 0.591. The zero-order chi connectivity index (χ0) is 14.5. The molecule has 1 unspecified atom stereocenters. The molecule has 4 heteroatoms. The van der Waals surface area contributed by atoms with Crippen LogP contribution in [0.25, 0.3) is 0 Å². The first kappa shape index (κ1) is 15.6. The van der Waals surface area contributed by atoms with Gasteiger partial charge >= 0.3 is 5.97 Å². The van der Waals surface area contributed by atoms with Crippen molar-refractivity contribution in [2.45, 2.75) is 46.0 Å². The smallest absolute Gasteiger partial charge is 0.311 e. The summed E-state index contributed by atoms with van der Waals surface area (Å²) in [7, 11) is 0. The Hall–Kier alpha value is -1.50. The summed E-state index contributed by atoms with van der Waals surface area (Å²) in [4.78, 5) is 25.2. The average molecular weight is 265 g/mol. The molecule has 0 radical (unpaired) electrons. The van der Waals surface area contributed by atoms with Gasteiger partial charge in [0.25, 0.3) is 0 Å². The minimum atomic E-state index is -0.787. The van der Waals surface area contributed by atoms with E-state index in [2.05, 4.69) is 5.92 Å². The molecular weight excluding hydrogens is 242 g/mol. The molecule has 0 aromatic rings. The number of terminal acetylenes is 1. The zero-order valence-corrected chi connectivity index (χ0v) is 11.8. The molecule has 0 aromatic heterocycles. The molecule has 1 aliphatic rings. The Morgan fingerprint density at radius 2 is 2.11 bits per heavy atom. The van der Waals surface area contributed by atoms with E-state index in [9.17, 15) is 14.7 Å². The summed E-state index contributed by atoms with van der Waals surface area (Å²) in [5, 5.41) is 9.42. The number of aliphatic carboxylic acids is 1. The maximum atomic E-state index is 12.0. The second kappa shape index (κ2) is 6.60. The lowest BCUT2D eigenvalue weighted by molar-refractivity contribution is -0.151. The SMILES string of the molecule is C#CCCCCC(=O)N1CCC(C(=O)O)(C(C)C)C1. The number of carbonyl (C=O) groups excluding carboxylic acids is 1. The summed E-state index contributed by atoms with van der Waals surface area (Å²) < 4.78 is 0. The number of carboxylic acids is 1. The zero-order valence-electron chi connectivity index (χ0n) is 11.8. The minimum Gasteiger partial charge on any atom is -0.481 e. The number of carbonyl (C=O) groups is 2. The first-order valence-corrected chi connectivity index (χ1v) is 6.88. The van der Waals surface area contributed by atoms with Crippen LogP contribution in [0.4, 0.5) is 0 Å². The fourth-order valence-corrected chi connectivity index (χ4v) is 2.60. The normalized spacial score (nSPS) is 22.5. The largest absolute Gasteiger partial charge is 0.481 e. The van der Waals surface area contributed by atoms with E-state index in [0.29, 0.717) is 32.4 Å². The van der Waals surface area contributed by atoms with E-state index >= 15 is 0 Å².